The Morgan fingerprint density at radius 1 is 1.31 bits per heavy atom. The SMILES string of the molecule is Cc1cc(C)cc(N2CCOC(CO)C2)c1. The van der Waals surface area contributed by atoms with Gasteiger partial charge in [-0.25, -0.2) is 0 Å². The minimum atomic E-state index is -0.0467. The molecule has 3 heteroatoms. The summed E-state index contributed by atoms with van der Waals surface area (Å²) in [6, 6.07) is 6.55. The van der Waals surface area contributed by atoms with Crippen LogP contribution in [0.15, 0.2) is 18.2 Å². The fourth-order valence-electron chi connectivity index (χ4n) is 2.20. The van der Waals surface area contributed by atoms with Crippen LogP contribution in [0.4, 0.5) is 5.69 Å². The van der Waals surface area contributed by atoms with Crippen LogP contribution in [-0.4, -0.2) is 37.5 Å². The smallest absolute Gasteiger partial charge is 0.0980 e. The third-order valence-electron chi connectivity index (χ3n) is 2.91. The minimum absolute atomic E-state index is 0.0467. The van der Waals surface area contributed by atoms with Crippen molar-refractivity contribution in [1.82, 2.24) is 0 Å². The molecule has 1 fully saturated rings. The van der Waals surface area contributed by atoms with Crippen LogP contribution in [0.25, 0.3) is 0 Å². The molecule has 16 heavy (non-hydrogen) atoms. The van der Waals surface area contributed by atoms with Crippen molar-refractivity contribution in [2.75, 3.05) is 31.2 Å². The summed E-state index contributed by atoms with van der Waals surface area (Å²) in [6.07, 6.45) is -0.0467. The number of rotatable bonds is 2. The molecule has 0 aliphatic carbocycles. The van der Waals surface area contributed by atoms with Crippen molar-refractivity contribution in [3.8, 4) is 0 Å². The second-order valence-corrected chi connectivity index (χ2v) is 4.47. The average Bonchev–Trinajstić information content (AvgIpc) is 2.28. The highest BCUT2D eigenvalue weighted by molar-refractivity contribution is 5.51. The van der Waals surface area contributed by atoms with Crippen molar-refractivity contribution in [3.05, 3.63) is 29.3 Å². The zero-order valence-electron chi connectivity index (χ0n) is 9.94. The van der Waals surface area contributed by atoms with Crippen molar-refractivity contribution in [1.29, 1.82) is 0 Å². The molecule has 1 saturated heterocycles. The lowest BCUT2D eigenvalue weighted by Gasteiger charge is -2.34. The minimum Gasteiger partial charge on any atom is -0.394 e. The molecule has 1 aliphatic heterocycles. The van der Waals surface area contributed by atoms with E-state index in [0.29, 0.717) is 6.61 Å². The van der Waals surface area contributed by atoms with E-state index >= 15 is 0 Å². The van der Waals surface area contributed by atoms with Gasteiger partial charge in [-0.3, -0.25) is 0 Å². The van der Waals surface area contributed by atoms with E-state index in [2.05, 4.69) is 36.9 Å². The fourth-order valence-corrected chi connectivity index (χ4v) is 2.20. The Balaban J connectivity index is 2.16. The first kappa shape index (κ1) is 11.4. The molecule has 1 unspecified atom stereocenters. The molecule has 0 radical (unpaired) electrons. The van der Waals surface area contributed by atoms with Crippen LogP contribution in [0.5, 0.6) is 0 Å². The summed E-state index contributed by atoms with van der Waals surface area (Å²) in [5.41, 5.74) is 3.79. The van der Waals surface area contributed by atoms with Gasteiger partial charge in [0.1, 0.15) is 0 Å². The second kappa shape index (κ2) is 4.85. The van der Waals surface area contributed by atoms with Crippen molar-refractivity contribution in [2.24, 2.45) is 0 Å². The van der Waals surface area contributed by atoms with Gasteiger partial charge in [0.2, 0.25) is 0 Å². The van der Waals surface area contributed by atoms with Gasteiger partial charge in [-0.15, -0.1) is 0 Å². The molecular formula is C13H19NO2. The van der Waals surface area contributed by atoms with Gasteiger partial charge >= 0.3 is 0 Å². The van der Waals surface area contributed by atoms with Crippen LogP contribution in [0.3, 0.4) is 0 Å². The third-order valence-corrected chi connectivity index (χ3v) is 2.91. The first-order valence-corrected chi connectivity index (χ1v) is 5.75. The molecule has 1 atom stereocenters. The lowest BCUT2D eigenvalue weighted by Crippen LogP contribution is -2.44. The number of aryl methyl sites for hydroxylation is 2. The molecule has 0 bridgehead atoms. The number of hydrogen-bond donors (Lipinski definition) is 1. The van der Waals surface area contributed by atoms with Gasteiger partial charge in [0.25, 0.3) is 0 Å². The number of anilines is 1. The van der Waals surface area contributed by atoms with E-state index in [1.165, 1.54) is 16.8 Å². The molecule has 0 amide bonds. The number of ether oxygens (including phenoxy) is 1. The molecule has 2 rings (SSSR count). The van der Waals surface area contributed by atoms with Crippen LogP contribution in [0.2, 0.25) is 0 Å². The average molecular weight is 221 g/mol. The number of aliphatic hydroxyl groups excluding tert-OH is 1. The zero-order valence-corrected chi connectivity index (χ0v) is 9.94. The van der Waals surface area contributed by atoms with Gasteiger partial charge in [-0.2, -0.15) is 0 Å². The Morgan fingerprint density at radius 2 is 2.00 bits per heavy atom. The Kier molecular flexibility index (Phi) is 3.46. The summed E-state index contributed by atoms with van der Waals surface area (Å²) in [5, 5.41) is 9.11. The van der Waals surface area contributed by atoms with E-state index in [4.69, 9.17) is 9.84 Å². The summed E-state index contributed by atoms with van der Waals surface area (Å²) in [5.74, 6) is 0. The highest BCUT2D eigenvalue weighted by atomic mass is 16.5. The van der Waals surface area contributed by atoms with Crippen molar-refractivity contribution in [2.45, 2.75) is 20.0 Å². The quantitative estimate of drug-likeness (QED) is 0.821. The lowest BCUT2D eigenvalue weighted by atomic mass is 10.1. The largest absolute Gasteiger partial charge is 0.394 e. The lowest BCUT2D eigenvalue weighted by molar-refractivity contribution is 0.00356. The van der Waals surface area contributed by atoms with Gasteiger partial charge in [-0.1, -0.05) is 6.07 Å². The van der Waals surface area contributed by atoms with Crippen molar-refractivity contribution in [3.63, 3.8) is 0 Å². The zero-order chi connectivity index (χ0) is 11.5. The number of hydrogen-bond acceptors (Lipinski definition) is 3. The van der Waals surface area contributed by atoms with Gasteiger partial charge in [0, 0.05) is 18.8 Å². The van der Waals surface area contributed by atoms with Gasteiger partial charge in [0.05, 0.1) is 19.3 Å². The van der Waals surface area contributed by atoms with E-state index in [1.54, 1.807) is 0 Å². The van der Waals surface area contributed by atoms with Gasteiger partial charge in [0.15, 0.2) is 0 Å². The van der Waals surface area contributed by atoms with Crippen LogP contribution < -0.4 is 4.90 Å². The van der Waals surface area contributed by atoms with Crippen molar-refractivity contribution < 1.29 is 9.84 Å². The standard InChI is InChI=1S/C13H19NO2/c1-10-5-11(2)7-12(6-10)14-3-4-16-13(8-14)9-15/h5-7,13,15H,3-4,8-9H2,1-2H3. The van der Waals surface area contributed by atoms with Crippen LogP contribution in [0, 0.1) is 13.8 Å². The Labute approximate surface area is 96.6 Å². The Hall–Kier alpha value is -1.06. The predicted molar refractivity (Wildman–Crippen MR) is 65.0 cm³/mol. The van der Waals surface area contributed by atoms with E-state index in [0.717, 1.165) is 13.1 Å². The number of benzene rings is 1. The molecule has 0 saturated carbocycles. The van der Waals surface area contributed by atoms with Gasteiger partial charge in [-0.05, 0) is 37.1 Å². The monoisotopic (exact) mass is 221 g/mol. The third kappa shape index (κ3) is 2.54. The summed E-state index contributed by atoms with van der Waals surface area (Å²) >= 11 is 0. The van der Waals surface area contributed by atoms with E-state index in [9.17, 15) is 0 Å². The summed E-state index contributed by atoms with van der Waals surface area (Å²) in [7, 11) is 0. The van der Waals surface area contributed by atoms with Crippen molar-refractivity contribution >= 4 is 5.69 Å². The molecule has 88 valence electrons. The maximum atomic E-state index is 9.11. The van der Waals surface area contributed by atoms with Gasteiger partial charge < -0.3 is 14.7 Å². The van der Waals surface area contributed by atoms with E-state index in [-0.39, 0.29) is 12.7 Å². The molecule has 1 aromatic rings. The summed E-state index contributed by atoms with van der Waals surface area (Å²) in [6.45, 7) is 6.69. The first-order valence-electron chi connectivity index (χ1n) is 5.75. The Morgan fingerprint density at radius 3 is 2.62 bits per heavy atom. The number of morpholine rings is 1. The fraction of sp³-hybridized carbons (Fsp3) is 0.538. The molecule has 1 aliphatic rings. The maximum absolute atomic E-state index is 9.11. The first-order chi connectivity index (χ1) is 7.69. The molecule has 0 aromatic heterocycles. The normalized spacial score (nSPS) is 21.2. The topological polar surface area (TPSA) is 32.7 Å². The van der Waals surface area contributed by atoms with Crippen LogP contribution in [-0.2, 0) is 4.74 Å². The maximum Gasteiger partial charge on any atom is 0.0980 e. The molecule has 0 spiro atoms. The van der Waals surface area contributed by atoms with Crippen LogP contribution in [0.1, 0.15) is 11.1 Å². The molecule has 1 heterocycles. The Bertz CT molecular complexity index is 345. The summed E-state index contributed by atoms with van der Waals surface area (Å²) in [4.78, 5) is 2.28. The molecule has 1 N–H and O–H groups in total. The highest BCUT2D eigenvalue weighted by Crippen LogP contribution is 2.21. The second-order valence-electron chi connectivity index (χ2n) is 4.47. The molecule has 1 aromatic carbocycles. The number of aliphatic hydroxyl groups is 1. The molecule has 3 nitrogen and oxygen atoms in total. The molecular weight excluding hydrogens is 202 g/mol. The van der Waals surface area contributed by atoms with E-state index < -0.39 is 0 Å². The summed E-state index contributed by atoms with van der Waals surface area (Å²) < 4.78 is 5.45. The van der Waals surface area contributed by atoms with Crippen LogP contribution >= 0.6 is 0 Å². The van der Waals surface area contributed by atoms with E-state index in [1.807, 2.05) is 0 Å². The highest BCUT2D eigenvalue weighted by Gasteiger charge is 2.19. The number of nitrogens with zero attached hydrogens (tertiary/aromatic N) is 1. The predicted octanol–water partition coefficient (Wildman–Crippen LogP) is 1.50.